The van der Waals surface area contributed by atoms with Crippen LogP contribution in [0.2, 0.25) is 0 Å². The van der Waals surface area contributed by atoms with Gasteiger partial charge in [0.2, 0.25) is 0 Å². The second kappa shape index (κ2) is 4.56. The largest absolute Gasteiger partial charge is 0.324 e. The molecule has 0 saturated carbocycles. The van der Waals surface area contributed by atoms with Crippen LogP contribution in [0.5, 0.6) is 0 Å². The van der Waals surface area contributed by atoms with Gasteiger partial charge in [-0.2, -0.15) is 0 Å². The highest BCUT2D eigenvalue weighted by atomic mass is 127. The average Bonchev–Trinajstić information content (AvgIpc) is 2.67. The van der Waals surface area contributed by atoms with Crippen LogP contribution >= 0.6 is 22.6 Å². The van der Waals surface area contributed by atoms with E-state index in [4.69, 9.17) is 5.73 Å². The molecule has 14 heavy (non-hydrogen) atoms. The zero-order valence-electron chi connectivity index (χ0n) is 7.92. The highest BCUT2D eigenvalue weighted by molar-refractivity contribution is 14.1. The van der Waals surface area contributed by atoms with Crippen molar-refractivity contribution in [2.24, 2.45) is 5.73 Å². The van der Waals surface area contributed by atoms with Crippen molar-refractivity contribution in [1.82, 2.24) is 15.8 Å². The maximum absolute atomic E-state index is 13.9. The molecule has 4 nitrogen and oxygen atoms in total. The van der Waals surface area contributed by atoms with E-state index in [1.807, 2.05) is 5.01 Å². The lowest BCUT2D eigenvalue weighted by Crippen LogP contribution is -2.66. The van der Waals surface area contributed by atoms with Gasteiger partial charge in [-0.05, 0) is 6.42 Å². The van der Waals surface area contributed by atoms with E-state index in [-0.39, 0.29) is 16.1 Å². The summed E-state index contributed by atoms with van der Waals surface area (Å²) >= 11 is 2.20. The molecule has 2 heterocycles. The number of nitrogens with zero attached hydrogens (tertiary/aromatic N) is 1. The lowest BCUT2D eigenvalue weighted by molar-refractivity contribution is 0.0392. The van der Waals surface area contributed by atoms with Crippen molar-refractivity contribution in [1.29, 1.82) is 0 Å². The molecule has 0 amide bonds. The molecule has 4 atom stereocenters. The minimum absolute atomic E-state index is 0.182. The van der Waals surface area contributed by atoms with Crippen molar-refractivity contribution in [3.05, 3.63) is 0 Å². The van der Waals surface area contributed by atoms with E-state index in [0.717, 1.165) is 26.1 Å². The summed E-state index contributed by atoms with van der Waals surface area (Å²) in [5, 5.41) is 5.13. The van der Waals surface area contributed by atoms with E-state index in [0.29, 0.717) is 0 Å². The molecular formula is C8H16FIN4. The van der Waals surface area contributed by atoms with E-state index >= 15 is 0 Å². The summed E-state index contributed by atoms with van der Waals surface area (Å²) in [5.41, 5.74) is 8.97. The first-order chi connectivity index (χ1) is 6.70. The minimum Gasteiger partial charge on any atom is -0.324 e. The number of rotatable bonds is 1. The van der Waals surface area contributed by atoms with E-state index in [9.17, 15) is 4.39 Å². The van der Waals surface area contributed by atoms with Crippen LogP contribution in [0.15, 0.2) is 0 Å². The van der Waals surface area contributed by atoms with Gasteiger partial charge in [-0.15, -0.1) is 0 Å². The SMILES string of the molecule is NC1C(I)CNC(N2CCCN2)C1F. The molecule has 0 aromatic carbocycles. The van der Waals surface area contributed by atoms with Crippen LogP contribution in [0, 0.1) is 0 Å². The summed E-state index contributed by atoms with van der Waals surface area (Å²) in [5.74, 6) is 0. The Morgan fingerprint density at radius 1 is 1.50 bits per heavy atom. The summed E-state index contributed by atoms with van der Waals surface area (Å²) in [7, 11) is 0. The third-order valence-corrected chi connectivity index (χ3v) is 4.11. The molecule has 0 radical (unpaired) electrons. The molecule has 6 heteroatoms. The van der Waals surface area contributed by atoms with Gasteiger partial charge >= 0.3 is 0 Å². The molecule has 2 aliphatic heterocycles. The van der Waals surface area contributed by atoms with Crippen molar-refractivity contribution in [3.63, 3.8) is 0 Å². The summed E-state index contributed by atoms with van der Waals surface area (Å²) in [6, 6.07) is -0.357. The molecule has 4 unspecified atom stereocenters. The molecule has 2 aliphatic rings. The van der Waals surface area contributed by atoms with Gasteiger partial charge < -0.3 is 5.73 Å². The Morgan fingerprint density at radius 2 is 2.29 bits per heavy atom. The van der Waals surface area contributed by atoms with Gasteiger partial charge in [0.1, 0.15) is 12.3 Å². The van der Waals surface area contributed by atoms with E-state index in [1.165, 1.54) is 0 Å². The lowest BCUT2D eigenvalue weighted by atomic mass is 10.0. The summed E-state index contributed by atoms with van der Waals surface area (Å²) in [6.45, 7) is 2.62. The molecule has 82 valence electrons. The molecule has 2 fully saturated rings. The van der Waals surface area contributed by atoms with Crippen molar-refractivity contribution in [3.8, 4) is 0 Å². The Kier molecular flexibility index (Phi) is 3.59. The Bertz CT molecular complexity index is 200. The van der Waals surface area contributed by atoms with Gasteiger partial charge in [0, 0.05) is 23.6 Å². The summed E-state index contributed by atoms with van der Waals surface area (Å²) < 4.78 is 14.1. The maximum Gasteiger partial charge on any atom is 0.146 e. The predicted molar refractivity (Wildman–Crippen MR) is 61.8 cm³/mol. The second-order valence-corrected chi connectivity index (χ2v) is 5.45. The Labute approximate surface area is 96.9 Å². The van der Waals surface area contributed by atoms with Crippen LogP contribution in [-0.4, -0.2) is 46.9 Å². The van der Waals surface area contributed by atoms with Gasteiger partial charge in [0.15, 0.2) is 0 Å². The number of alkyl halides is 2. The highest BCUT2D eigenvalue weighted by Crippen LogP contribution is 2.20. The zero-order chi connectivity index (χ0) is 10.1. The lowest BCUT2D eigenvalue weighted by Gasteiger charge is -2.39. The average molecular weight is 314 g/mol. The van der Waals surface area contributed by atoms with Gasteiger partial charge in [-0.1, -0.05) is 22.6 Å². The van der Waals surface area contributed by atoms with Crippen LogP contribution in [0.1, 0.15) is 6.42 Å². The maximum atomic E-state index is 13.9. The van der Waals surface area contributed by atoms with Gasteiger partial charge in [0.25, 0.3) is 0 Å². The highest BCUT2D eigenvalue weighted by Gasteiger charge is 2.39. The molecule has 0 aliphatic carbocycles. The molecule has 0 bridgehead atoms. The number of hydrogen-bond acceptors (Lipinski definition) is 4. The van der Waals surface area contributed by atoms with Crippen LogP contribution in [0.4, 0.5) is 4.39 Å². The molecule has 2 rings (SSSR count). The standard InChI is InChI=1S/C8H16FIN4/c9-6-7(11)5(10)4-12-8(6)14-3-1-2-13-14/h5-8,12-13H,1-4,11H2. The zero-order valence-corrected chi connectivity index (χ0v) is 10.1. The Morgan fingerprint density at radius 3 is 2.93 bits per heavy atom. The Hall–Kier alpha value is 0.500. The molecule has 0 aromatic heterocycles. The van der Waals surface area contributed by atoms with E-state index in [2.05, 4.69) is 33.3 Å². The third-order valence-electron chi connectivity index (χ3n) is 2.84. The predicted octanol–water partition coefficient (Wildman–Crippen LogP) is -0.405. The fourth-order valence-corrected chi connectivity index (χ4v) is 2.61. The molecular weight excluding hydrogens is 298 g/mol. The van der Waals surface area contributed by atoms with Crippen LogP contribution in [-0.2, 0) is 0 Å². The first-order valence-electron chi connectivity index (χ1n) is 4.97. The smallest absolute Gasteiger partial charge is 0.146 e. The molecule has 0 spiro atoms. The monoisotopic (exact) mass is 314 g/mol. The van der Waals surface area contributed by atoms with Crippen molar-refractivity contribution < 1.29 is 4.39 Å². The quantitative estimate of drug-likeness (QED) is 0.455. The summed E-state index contributed by atoms with van der Waals surface area (Å²) in [4.78, 5) is 0. The number of hydrogen-bond donors (Lipinski definition) is 3. The Balaban J connectivity index is 1.98. The number of halogens is 2. The fourth-order valence-electron chi connectivity index (χ4n) is 1.96. The van der Waals surface area contributed by atoms with Crippen LogP contribution in [0.25, 0.3) is 0 Å². The van der Waals surface area contributed by atoms with Crippen LogP contribution in [0.3, 0.4) is 0 Å². The van der Waals surface area contributed by atoms with Crippen molar-refractivity contribution >= 4 is 22.6 Å². The van der Waals surface area contributed by atoms with Gasteiger partial charge in [-0.25, -0.2) is 9.40 Å². The minimum atomic E-state index is -0.990. The second-order valence-electron chi connectivity index (χ2n) is 3.85. The summed E-state index contributed by atoms with van der Waals surface area (Å²) in [6.07, 6.45) is -0.164. The first kappa shape index (κ1) is 11.0. The third kappa shape index (κ3) is 2.04. The fraction of sp³-hybridized carbons (Fsp3) is 1.00. The van der Waals surface area contributed by atoms with Gasteiger partial charge in [-0.3, -0.25) is 10.7 Å². The van der Waals surface area contributed by atoms with E-state index in [1.54, 1.807) is 0 Å². The number of piperidine rings is 1. The first-order valence-corrected chi connectivity index (χ1v) is 6.22. The normalized spacial score (nSPS) is 45.6. The van der Waals surface area contributed by atoms with Crippen LogP contribution < -0.4 is 16.5 Å². The van der Waals surface area contributed by atoms with Gasteiger partial charge in [0.05, 0.1) is 6.04 Å². The van der Waals surface area contributed by atoms with E-state index < -0.39 is 6.17 Å². The number of nitrogens with two attached hydrogens (primary N) is 1. The molecule has 2 saturated heterocycles. The molecule has 0 aromatic rings. The van der Waals surface area contributed by atoms with Crippen molar-refractivity contribution in [2.75, 3.05) is 19.6 Å². The number of hydrazine groups is 1. The molecule has 4 N–H and O–H groups in total. The topological polar surface area (TPSA) is 53.3 Å². The van der Waals surface area contributed by atoms with Crippen molar-refractivity contribution in [2.45, 2.75) is 28.7 Å². The number of nitrogens with one attached hydrogen (secondary N) is 2.